The second-order valence-electron chi connectivity index (χ2n) is 2.92. The predicted octanol–water partition coefficient (Wildman–Crippen LogP) is 1.59. The number of carbonyl (C=O) groups is 1. The van der Waals surface area contributed by atoms with Gasteiger partial charge in [-0.05, 0) is 18.2 Å². The normalized spacial score (nSPS) is 11.3. The van der Waals surface area contributed by atoms with Crippen molar-refractivity contribution < 1.29 is 18.3 Å². The third kappa shape index (κ3) is 3.53. The molecule has 6 heteroatoms. The summed E-state index contributed by atoms with van der Waals surface area (Å²) in [5, 5.41) is 8.70. The number of sulfone groups is 1. The molecular formula is C9H9ClO4S. The molecule has 0 unspecified atom stereocenters. The summed E-state index contributed by atoms with van der Waals surface area (Å²) in [6.45, 7) is 0. The summed E-state index contributed by atoms with van der Waals surface area (Å²) in [5.74, 6) is -1.55. The van der Waals surface area contributed by atoms with E-state index in [-0.39, 0.29) is 4.90 Å². The molecule has 1 aromatic rings. The molecule has 1 rings (SSSR count). The Balaban J connectivity index is 2.91. The molecule has 0 heterocycles. The van der Waals surface area contributed by atoms with Crippen LogP contribution in [-0.2, 0) is 14.6 Å². The summed E-state index contributed by atoms with van der Waals surface area (Å²) >= 11 is 5.63. The largest absolute Gasteiger partial charge is 0.481 e. The lowest BCUT2D eigenvalue weighted by Gasteiger charge is -2.02. The van der Waals surface area contributed by atoms with Crippen molar-refractivity contribution >= 4 is 27.4 Å². The van der Waals surface area contributed by atoms with Gasteiger partial charge in [-0.3, -0.25) is 4.79 Å². The number of halogens is 1. The smallest absolute Gasteiger partial charge is 0.304 e. The van der Waals surface area contributed by atoms with Crippen LogP contribution in [0, 0.1) is 0 Å². The van der Waals surface area contributed by atoms with Gasteiger partial charge in [0.2, 0.25) is 0 Å². The summed E-state index contributed by atoms with van der Waals surface area (Å²) in [6, 6.07) is 5.76. The molecule has 0 spiro atoms. The summed E-state index contributed by atoms with van der Waals surface area (Å²) in [5.41, 5.74) is 0. The van der Waals surface area contributed by atoms with Gasteiger partial charge in [0, 0.05) is 5.02 Å². The quantitative estimate of drug-likeness (QED) is 0.878. The van der Waals surface area contributed by atoms with E-state index < -0.39 is 28.0 Å². The molecule has 82 valence electrons. The van der Waals surface area contributed by atoms with Gasteiger partial charge in [-0.1, -0.05) is 17.7 Å². The van der Waals surface area contributed by atoms with Gasteiger partial charge in [0.05, 0.1) is 17.1 Å². The highest BCUT2D eigenvalue weighted by Gasteiger charge is 2.16. The Hall–Kier alpha value is -1.07. The Kier molecular flexibility index (Phi) is 3.71. The Labute approximate surface area is 92.4 Å². The van der Waals surface area contributed by atoms with E-state index in [0.29, 0.717) is 5.02 Å². The molecule has 4 nitrogen and oxygen atoms in total. The van der Waals surface area contributed by atoms with Crippen LogP contribution in [0.25, 0.3) is 0 Å². The third-order valence-corrected chi connectivity index (χ3v) is 3.69. The Bertz CT molecular complexity index is 467. The van der Waals surface area contributed by atoms with Crippen LogP contribution in [0.1, 0.15) is 6.42 Å². The van der Waals surface area contributed by atoms with E-state index in [0.717, 1.165) is 0 Å². The number of hydrogen-bond donors (Lipinski definition) is 1. The fraction of sp³-hybridized carbons (Fsp3) is 0.222. The molecule has 0 saturated carbocycles. The van der Waals surface area contributed by atoms with E-state index in [1.54, 1.807) is 6.07 Å². The van der Waals surface area contributed by atoms with Gasteiger partial charge in [0.25, 0.3) is 0 Å². The second kappa shape index (κ2) is 4.63. The van der Waals surface area contributed by atoms with E-state index in [9.17, 15) is 13.2 Å². The lowest BCUT2D eigenvalue weighted by atomic mass is 10.4. The molecule has 1 N–H and O–H groups in total. The van der Waals surface area contributed by atoms with Crippen molar-refractivity contribution in [2.24, 2.45) is 0 Å². The average Bonchev–Trinajstić information content (AvgIpc) is 2.15. The maximum absolute atomic E-state index is 11.6. The Morgan fingerprint density at radius 2 is 2.07 bits per heavy atom. The first-order chi connectivity index (χ1) is 6.92. The summed E-state index contributed by atoms with van der Waals surface area (Å²) in [7, 11) is -3.54. The number of rotatable bonds is 4. The number of hydrogen-bond acceptors (Lipinski definition) is 3. The zero-order valence-electron chi connectivity index (χ0n) is 7.68. The third-order valence-electron chi connectivity index (χ3n) is 1.74. The predicted molar refractivity (Wildman–Crippen MR) is 55.8 cm³/mol. The van der Waals surface area contributed by atoms with E-state index in [1.807, 2.05) is 0 Å². The van der Waals surface area contributed by atoms with E-state index in [2.05, 4.69) is 0 Å². The minimum atomic E-state index is -3.54. The van der Waals surface area contributed by atoms with Gasteiger partial charge in [0.15, 0.2) is 9.84 Å². The van der Waals surface area contributed by atoms with Gasteiger partial charge < -0.3 is 5.11 Å². The molecule has 0 bridgehead atoms. The first-order valence-electron chi connectivity index (χ1n) is 4.12. The van der Waals surface area contributed by atoms with E-state index in [4.69, 9.17) is 16.7 Å². The Morgan fingerprint density at radius 1 is 1.40 bits per heavy atom. The van der Waals surface area contributed by atoms with Crippen molar-refractivity contribution in [2.45, 2.75) is 11.3 Å². The number of carboxylic acids is 1. The van der Waals surface area contributed by atoms with Crippen molar-refractivity contribution in [3.05, 3.63) is 29.3 Å². The monoisotopic (exact) mass is 248 g/mol. The van der Waals surface area contributed by atoms with E-state index >= 15 is 0 Å². The van der Waals surface area contributed by atoms with Crippen molar-refractivity contribution in [3.8, 4) is 0 Å². The topological polar surface area (TPSA) is 71.4 Å². The highest BCUT2D eigenvalue weighted by atomic mass is 35.5. The van der Waals surface area contributed by atoms with Gasteiger partial charge in [-0.2, -0.15) is 0 Å². The zero-order valence-corrected chi connectivity index (χ0v) is 9.25. The van der Waals surface area contributed by atoms with Gasteiger partial charge >= 0.3 is 5.97 Å². The molecule has 0 amide bonds. The van der Waals surface area contributed by atoms with Crippen LogP contribution >= 0.6 is 11.6 Å². The minimum Gasteiger partial charge on any atom is -0.481 e. The summed E-state index contributed by atoms with van der Waals surface area (Å²) in [4.78, 5) is 10.3. The molecule has 15 heavy (non-hydrogen) atoms. The maximum Gasteiger partial charge on any atom is 0.304 e. The number of benzene rings is 1. The fourth-order valence-electron chi connectivity index (χ4n) is 1.000. The van der Waals surface area contributed by atoms with Crippen LogP contribution in [0.2, 0.25) is 5.02 Å². The van der Waals surface area contributed by atoms with Crippen LogP contribution in [-0.4, -0.2) is 25.2 Å². The molecule has 0 saturated heterocycles. The highest BCUT2D eigenvalue weighted by Crippen LogP contribution is 2.17. The standard InChI is InChI=1S/C9H9ClO4S/c10-7-2-1-3-8(6-7)15(13,14)5-4-9(11)12/h1-3,6H,4-5H2,(H,11,12). The second-order valence-corrected chi connectivity index (χ2v) is 5.47. The first kappa shape index (κ1) is 12.0. The van der Waals surface area contributed by atoms with Gasteiger partial charge in [-0.15, -0.1) is 0 Å². The first-order valence-corrected chi connectivity index (χ1v) is 6.15. The highest BCUT2D eigenvalue weighted by molar-refractivity contribution is 7.91. The van der Waals surface area contributed by atoms with Crippen molar-refractivity contribution in [2.75, 3.05) is 5.75 Å². The van der Waals surface area contributed by atoms with Crippen molar-refractivity contribution in [1.29, 1.82) is 0 Å². The molecule has 0 atom stereocenters. The lowest BCUT2D eigenvalue weighted by Crippen LogP contribution is -2.10. The minimum absolute atomic E-state index is 0.0521. The number of carboxylic acid groups (broad SMARTS) is 1. The SMILES string of the molecule is O=C(O)CCS(=O)(=O)c1cccc(Cl)c1. The van der Waals surface area contributed by atoms with Crippen LogP contribution in [0.5, 0.6) is 0 Å². The van der Waals surface area contributed by atoms with E-state index in [1.165, 1.54) is 18.2 Å². The molecule has 0 aromatic heterocycles. The molecular weight excluding hydrogens is 240 g/mol. The van der Waals surface area contributed by atoms with Gasteiger partial charge in [-0.25, -0.2) is 8.42 Å². The van der Waals surface area contributed by atoms with Crippen molar-refractivity contribution in [1.82, 2.24) is 0 Å². The molecule has 0 aliphatic rings. The van der Waals surface area contributed by atoms with Gasteiger partial charge in [0.1, 0.15) is 0 Å². The molecule has 0 aliphatic carbocycles. The van der Waals surface area contributed by atoms with Crippen molar-refractivity contribution in [3.63, 3.8) is 0 Å². The van der Waals surface area contributed by atoms with Crippen LogP contribution in [0.4, 0.5) is 0 Å². The number of aliphatic carboxylic acids is 1. The Morgan fingerprint density at radius 3 is 2.60 bits per heavy atom. The summed E-state index contributed by atoms with van der Waals surface area (Å²) < 4.78 is 23.1. The zero-order chi connectivity index (χ0) is 11.5. The maximum atomic E-state index is 11.6. The average molecular weight is 249 g/mol. The molecule has 0 radical (unpaired) electrons. The van der Waals surface area contributed by atoms with Crippen LogP contribution < -0.4 is 0 Å². The van der Waals surface area contributed by atoms with Crippen LogP contribution in [0.15, 0.2) is 29.2 Å². The fourth-order valence-corrected chi connectivity index (χ4v) is 2.53. The lowest BCUT2D eigenvalue weighted by molar-refractivity contribution is -0.136. The molecule has 0 aliphatic heterocycles. The summed E-state index contributed by atoms with van der Waals surface area (Å²) in [6.07, 6.45) is -0.408. The molecule has 1 aromatic carbocycles. The van der Waals surface area contributed by atoms with Crippen LogP contribution in [0.3, 0.4) is 0 Å². The molecule has 0 fully saturated rings.